The Morgan fingerprint density at radius 3 is 2.32 bits per heavy atom. The number of nitrogens with zero attached hydrogens (tertiary/aromatic N) is 2. The van der Waals surface area contributed by atoms with Gasteiger partial charge in [-0.1, -0.05) is 5.11 Å². The molecule has 0 fully saturated rings. The maximum atomic E-state index is 10.6. The fourth-order valence-corrected chi connectivity index (χ4v) is 1.78. The first-order valence-corrected chi connectivity index (χ1v) is 6.28. The summed E-state index contributed by atoms with van der Waals surface area (Å²) in [6.45, 7) is 0. The van der Waals surface area contributed by atoms with E-state index in [1.807, 2.05) is 0 Å². The summed E-state index contributed by atoms with van der Waals surface area (Å²) in [7, 11) is 3.02. The number of ether oxygens (including phenoxy) is 2. The zero-order valence-electron chi connectivity index (χ0n) is 12.1. The molecule has 8 nitrogen and oxygen atoms in total. The molecule has 8 heteroatoms. The topological polar surface area (TPSA) is 114 Å². The maximum Gasteiger partial charge on any atom is 0.274 e. The van der Waals surface area contributed by atoms with Gasteiger partial charge in [-0.25, -0.2) is 0 Å². The van der Waals surface area contributed by atoms with Crippen LogP contribution in [-0.4, -0.2) is 19.1 Å². The van der Waals surface area contributed by atoms with Gasteiger partial charge in [0.15, 0.2) is 5.75 Å². The van der Waals surface area contributed by atoms with E-state index in [2.05, 4.69) is 10.2 Å². The van der Waals surface area contributed by atoms with Gasteiger partial charge in [0.25, 0.3) is 11.4 Å². The van der Waals surface area contributed by atoms with Crippen molar-refractivity contribution >= 4 is 22.7 Å². The molecule has 0 radical (unpaired) electrons. The predicted molar refractivity (Wildman–Crippen MR) is 79.8 cm³/mol. The van der Waals surface area contributed by atoms with Crippen molar-refractivity contribution in [2.24, 2.45) is 5.11 Å². The van der Waals surface area contributed by atoms with E-state index in [1.165, 1.54) is 38.5 Å². The van der Waals surface area contributed by atoms with Gasteiger partial charge in [0.2, 0.25) is 0 Å². The Kier molecular flexibility index (Phi) is 4.52. The standard InChI is InChI=1S/C14H14N4O4/c1-21-13-8-12(14(22-2)7-11(13)15)17-16-9-3-5-10(6-4-9)18(19)20/h3-8H,15H2,1-2H3/p+1. The Morgan fingerprint density at radius 2 is 1.77 bits per heavy atom. The molecule has 0 bridgehead atoms. The molecule has 0 spiro atoms. The SMILES string of the molecule is COc1cc([NH+]=Nc2ccc([N+](=O)[O-])cc2)c(OC)cc1N. The molecule has 0 aliphatic carbocycles. The number of rotatable bonds is 5. The minimum absolute atomic E-state index is 0.00526. The van der Waals surface area contributed by atoms with Gasteiger partial charge in [-0.2, -0.15) is 0 Å². The summed E-state index contributed by atoms with van der Waals surface area (Å²) in [5, 5.41) is 17.6. The van der Waals surface area contributed by atoms with Crippen molar-refractivity contribution in [2.75, 3.05) is 20.0 Å². The highest BCUT2D eigenvalue weighted by atomic mass is 16.6. The Labute approximate surface area is 126 Å². The molecule has 0 unspecified atom stereocenters. The summed E-state index contributed by atoms with van der Waals surface area (Å²) in [6, 6.07) is 9.09. The Bertz CT molecular complexity index is 714. The van der Waals surface area contributed by atoms with Crippen LogP contribution in [0.25, 0.3) is 0 Å². The number of nitrogen functional groups attached to an aromatic ring is 1. The van der Waals surface area contributed by atoms with Crippen molar-refractivity contribution < 1.29 is 19.5 Å². The van der Waals surface area contributed by atoms with Gasteiger partial charge in [0, 0.05) is 18.2 Å². The molecule has 2 rings (SSSR count). The van der Waals surface area contributed by atoms with E-state index < -0.39 is 4.92 Å². The number of nitrogens with two attached hydrogens (primary N) is 1. The molecule has 0 aliphatic rings. The summed E-state index contributed by atoms with van der Waals surface area (Å²) >= 11 is 0. The third-order valence-electron chi connectivity index (χ3n) is 2.92. The van der Waals surface area contributed by atoms with Gasteiger partial charge < -0.3 is 15.2 Å². The molecule has 2 aromatic rings. The number of non-ortho nitro benzene ring substituents is 1. The van der Waals surface area contributed by atoms with E-state index in [0.29, 0.717) is 28.6 Å². The molecule has 114 valence electrons. The van der Waals surface area contributed by atoms with Gasteiger partial charge >= 0.3 is 0 Å². The van der Waals surface area contributed by atoms with Crippen molar-refractivity contribution in [3.05, 3.63) is 46.5 Å². The van der Waals surface area contributed by atoms with Gasteiger partial charge in [-0.3, -0.25) is 10.1 Å². The lowest BCUT2D eigenvalue weighted by atomic mass is 10.2. The lowest BCUT2D eigenvalue weighted by molar-refractivity contribution is -0.434. The van der Waals surface area contributed by atoms with Crippen LogP contribution in [0.4, 0.5) is 22.7 Å². The molecule has 0 heterocycles. The van der Waals surface area contributed by atoms with Crippen LogP contribution in [0, 0.1) is 10.1 Å². The molecule has 0 saturated heterocycles. The summed E-state index contributed by atoms with van der Waals surface area (Å²) < 4.78 is 10.4. The normalized spacial score (nSPS) is 10.6. The maximum absolute atomic E-state index is 10.6. The molecule has 0 aromatic heterocycles. The highest BCUT2D eigenvalue weighted by molar-refractivity contribution is 5.64. The molecule has 0 amide bonds. The molecule has 2 aromatic carbocycles. The fraction of sp³-hybridized carbons (Fsp3) is 0.143. The molecule has 0 saturated carbocycles. The lowest BCUT2D eigenvalue weighted by Crippen LogP contribution is -2.57. The van der Waals surface area contributed by atoms with Gasteiger partial charge in [-0.15, -0.1) is 0 Å². The number of hydrogen-bond acceptors (Lipinski definition) is 6. The first kappa shape index (κ1) is 15.2. The molecule has 22 heavy (non-hydrogen) atoms. The highest BCUT2D eigenvalue weighted by Crippen LogP contribution is 2.31. The highest BCUT2D eigenvalue weighted by Gasteiger charge is 2.13. The minimum Gasteiger partial charge on any atom is -0.494 e. The van der Waals surface area contributed by atoms with Crippen LogP contribution in [0.15, 0.2) is 41.5 Å². The number of nitrogens with one attached hydrogen (secondary N) is 1. The van der Waals surface area contributed by atoms with E-state index in [4.69, 9.17) is 15.2 Å². The Morgan fingerprint density at radius 1 is 1.14 bits per heavy atom. The van der Waals surface area contributed by atoms with Crippen LogP contribution in [0.5, 0.6) is 11.5 Å². The van der Waals surface area contributed by atoms with Crippen LogP contribution in [0.3, 0.4) is 0 Å². The van der Waals surface area contributed by atoms with E-state index in [-0.39, 0.29) is 5.69 Å². The molecular weight excluding hydrogens is 288 g/mol. The van der Waals surface area contributed by atoms with E-state index in [0.717, 1.165) is 0 Å². The number of hydrogen-bond donors (Lipinski definition) is 2. The molecule has 0 atom stereocenters. The average Bonchev–Trinajstić information content (AvgIpc) is 2.53. The first-order chi connectivity index (χ1) is 10.5. The molecular formula is C14H15N4O4+. The summed E-state index contributed by atoms with van der Waals surface area (Å²) in [6.07, 6.45) is 0. The number of azo groups is 1. The van der Waals surface area contributed by atoms with Crippen LogP contribution in [0.1, 0.15) is 0 Å². The second-order valence-corrected chi connectivity index (χ2v) is 4.29. The van der Waals surface area contributed by atoms with E-state index in [1.54, 1.807) is 12.1 Å². The summed E-state index contributed by atoms with van der Waals surface area (Å²) in [5.41, 5.74) is 7.34. The third-order valence-corrected chi connectivity index (χ3v) is 2.92. The first-order valence-electron chi connectivity index (χ1n) is 6.28. The second kappa shape index (κ2) is 6.53. The van der Waals surface area contributed by atoms with Crippen molar-refractivity contribution in [1.29, 1.82) is 0 Å². The van der Waals surface area contributed by atoms with Crippen LogP contribution in [0.2, 0.25) is 0 Å². The largest absolute Gasteiger partial charge is 0.494 e. The number of nitro benzene ring substituents is 1. The Balaban J connectivity index is 2.30. The van der Waals surface area contributed by atoms with Crippen LogP contribution in [-0.2, 0) is 0 Å². The van der Waals surface area contributed by atoms with Crippen molar-refractivity contribution in [2.45, 2.75) is 0 Å². The predicted octanol–water partition coefficient (Wildman–Crippen LogP) is 1.69. The number of methoxy groups -OCH3 is 2. The zero-order chi connectivity index (χ0) is 16.1. The number of nitro groups is 1. The lowest BCUT2D eigenvalue weighted by Gasteiger charge is -2.06. The smallest absolute Gasteiger partial charge is 0.274 e. The molecule has 3 N–H and O–H groups in total. The van der Waals surface area contributed by atoms with Gasteiger partial charge in [-0.05, 0) is 17.2 Å². The van der Waals surface area contributed by atoms with Gasteiger partial charge in [0.05, 0.1) is 30.9 Å². The van der Waals surface area contributed by atoms with Crippen LogP contribution < -0.4 is 20.3 Å². The van der Waals surface area contributed by atoms with E-state index in [9.17, 15) is 10.1 Å². The Hall–Kier alpha value is -3.16. The number of anilines is 1. The van der Waals surface area contributed by atoms with Crippen molar-refractivity contribution in [1.82, 2.24) is 0 Å². The van der Waals surface area contributed by atoms with E-state index >= 15 is 0 Å². The third kappa shape index (κ3) is 3.29. The zero-order valence-corrected chi connectivity index (χ0v) is 12.1. The van der Waals surface area contributed by atoms with Crippen LogP contribution >= 0.6 is 0 Å². The van der Waals surface area contributed by atoms with Crippen molar-refractivity contribution in [3.63, 3.8) is 0 Å². The average molecular weight is 303 g/mol. The van der Waals surface area contributed by atoms with Gasteiger partial charge in [0.1, 0.15) is 11.4 Å². The summed E-state index contributed by atoms with van der Waals surface area (Å²) in [4.78, 5) is 10.1. The quantitative estimate of drug-likeness (QED) is 0.377. The minimum atomic E-state index is -0.467. The van der Waals surface area contributed by atoms with Crippen molar-refractivity contribution in [3.8, 4) is 11.5 Å². The summed E-state index contributed by atoms with van der Waals surface area (Å²) in [5.74, 6) is 0.992. The molecule has 0 aliphatic heterocycles. The fourth-order valence-electron chi connectivity index (χ4n) is 1.78. The monoisotopic (exact) mass is 303 g/mol. The number of benzene rings is 2. The second-order valence-electron chi connectivity index (χ2n) is 4.29.